The topological polar surface area (TPSA) is 117 Å². The predicted molar refractivity (Wildman–Crippen MR) is 78.8 cm³/mol. The number of H-pyrrole nitrogens is 1. The van der Waals surface area contributed by atoms with E-state index in [2.05, 4.69) is 9.97 Å². The van der Waals surface area contributed by atoms with Gasteiger partial charge in [0.1, 0.15) is 17.3 Å². The zero-order chi connectivity index (χ0) is 15.9. The maximum absolute atomic E-state index is 12.0. The summed E-state index contributed by atoms with van der Waals surface area (Å²) < 4.78 is 6.66. The van der Waals surface area contributed by atoms with Gasteiger partial charge in [0.25, 0.3) is 5.56 Å². The van der Waals surface area contributed by atoms with Crippen LogP contribution in [0.3, 0.4) is 0 Å². The zero-order valence-corrected chi connectivity index (χ0v) is 12.5. The van der Waals surface area contributed by atoms with Crippen LogP contribution in [0.5, 0.6) is 0 Å². The fraction of sp³-hybridized carbons (Fsp3) is 0.462. The normalized spacial score (nSPS) is 24.8. The molecule has 3 rings (SSSR count). The number of thiazole rings is 1. The number of ether oxygens (including phenoxy) is 1. The molecular formula is C13H15N3O5S. The van der Waals surface area contributed by atoms with Crippen molar-refractivity contribution in [2.45, 2.75) is 31.8 Å². The number of aromatic nitrogens is 3. The third-order valence-electron chi connectivity index (χ3n) is 3.51. The number of nitrogens with one attached hydrogen (secondary N) is 1. The highest BCUT2D eigenvalue weighted by Crippen LogP contribution is 2.28. The third-order valence-corrected chi connectivity index (χ3v) is 4.46. The molecule has 8 nitrogen and oxygen atoms in total. The third kappa shape index (κ3) is 2.63. The van der Waals surface area contributed by atoms with Crippen molar-refractivity contribution in [3.8, 4) is 10.6 Å². The Labute approximate surface area is 128 Å². The summed E-state index contributed by atoms with van der Waals surface area (Å²) in [4.78, 5) is 31.3. The van der Waals surface area contributed by atoms with E-state index in [0.29, 0.717) is 5.01 Å². The summed E-state index contributed by atoms with van der Waals surface area (Å²) in [5.41, 5.74) is -0.881. The Balaban J connectivity index is 2.03. The number of hydrogen-bond donors (Lipinski definition) is 3. The van der Waals surface area contributed by atoms with Crippen molar-refractivity contribution in [1.82, 2.24) is 14.5 Å². The van der Waals surface area contributed by atoms with Gasteiger partial charge >= 0.3 is 5.69 Å². The quantitative estimate of drug-likeness (QED) is 0.707. The summed E-state index contributed by atoms with van der Waals surface area (Å²) in [5.74, 6) is 0. The smallest absolute Gasteiger partial charge is 0.330 e. The fourth-order valence-corrected chi connectivity index (χ4v) is 3.15. The van der Waals surface area contributed by atoms with Crippen LogP contribution < -0.4 is 11.2 Å². The second-order valence-corrected chi connectivity index (χ2v) is 6.33. The Morgan fingerprint density at radius 2 is 2.32 bits per heavy atom. The Morgan fingerprint density at radius 3 is 2.91 bits per heavy atom. The van der Waals surface area contributed by atoms with Gasteiger partial charge in [-0.2, -0.15) is 0 Å². The van der Waals surface area contributed by atoms with Crippen LogP contribution in [0.15, 0.2) is 22.0 Å². The summed E-state index contributed by atoms with van der Waals surface area (Å²) in [7, 11) is 0. The van der Waals surface area contributed by atoms with Gasteiger partial charge in [0, 0.05) is 23.7 Å². The number of aliphatic hydroxyl groups excluding tert-OH is 2. The summed E-state index contributed by atoms with van der Waals surface area (Å²) in [6.07, 6.45) is 0.849. The first kappa shape index (κ1) is 15.1. The first-order valence-corrected chi connectivity index (χ1v) is 7.54. The monoisotopic (exact) mass is 325 g/mol. The van der Waals surface area contributed by atoms with Gasteiger partial charge in [-0.05, 0) is 6.92 Å². The highest BCUT2D eigenvalue weighted by Gasteiger charge is 2.35. The average molecular weight is 325 g/mol. The van der Waals surface area contributed by atoms with Crippen molar-refractivity contribution in [3.63, 3.8) is 0 Å². The molecule has 0 spiro atoms. The Morgan fingerprint density at radius 1 is 1.55 bits per heavy atom. The molecule has 0 unspecified atom stereocenters. The molecule has 3 heterocycles. The zero-order valence-electron chi connectivity index (χ0n) is 11.7. The minimum Gasteiger partial charge on any atom is -0.394 e. The molecule has 1 aliphatic rings. The maximum Gasteiger partial charge on any atom is 0.330 e. The van der Waals surface area contributed by atoms with Crippen LogP contribution in [-0.2, 0) is 4.74 Å². The summed E-state index contributed by atoms with van der Waals surface area (Å²) in [6.45, 7) is 1.53. The number of rotatable bonds is 3. The van der Waals surface area contributed by atoms with Crippen LogP contribution in [0.1, 0.15) is 17.5 Å². The highest BCUT2D eigenvalue weighted by molar-refractivity contribution is 7.14. The summed E-state index contributed by atoms with van der Waals surface area (Å²) in [6, 6.07) is 0. The molecule has 3 atom stereocenters. The van der Waals surface area contributed by atoms with E-state index < -0.39 is 29.7 Å². The fourth-order valence-electron chi connectivity index (χ4n) is 2.38. The van der Waals surface area contributed by atoms with Gasteiger partial charge < -0.3 is 14.9 Å². The predicted octanol–water partition coefficient (Wildman–Crippen LogP) is -0.391. The van der Waals surface area contributed by atoms with Crippen molar-refractivity contribution >= 4 is 11.3 Å². The number of nitrogens with zero attached hydrogens (tertiary/aromatic N) is 2. The molecule has 1 fully saturated rings. The molecule has 0 radical (unpaired) electrons. The van der Waals surface area contributed by atoms with Crippen LogP contribution in [0, 0.1) is 6.92 Å². The first-order valence-electron chi connectivity index (χ1n) is 6.72. The molecule has 0 aliphatic carbocycles. The number of aliphatic hydroxyl groups is 2. The van der Waals surface area contributed by atoms with E-state index in [0.717, 1.165) is 4.88 Å². The van der Waals surface area contributed by atoms with E-state index in [-0.39, 0.29) is 18.6 Å². The molecule has 3 N–H and O–H groups in total. The second-order valence-electron chi connectivity index (χ2n) is 5.10. The molecule has 9 heteroatoms. The van der Waals surface area contributed by atoms with Crippen molar-refractivity contribution in [1.29, 1.82) is 0 Å². The molecule has 2 aromatic rings. The number of aryl methyl sites for hydroxylation is 1. The van der Waals surface area contributed by atoms with Crippen LogP contribution in [0.4, 0.5) is 0 Å². The van der Waals surface area contributed by atoms with Gasteiger partial charge in [-0.3, -0.25) is 14.3 Å². The van der Waals surface area contributed by atoms with E-state index in [9.17, 15) is 14.7 Å². The molecule has 118 valence electrons. The van der Waals surface area contributed by atoms with Gasteiger partial charge in [0.15, 0.2) is 0 Å². The maximum atomic E-state index is 12.0. The average Bonchev–Trinajstić information content (AvgIpc) is 3.05. The van der Waals surface area contributed by atoms with E-state index in [1.54, 1.807) is 6.20 Å². The highest BCUT2D eigenvalue weighted by atomic mass is 32.1. The van der Waals surface area contributed by atoms with Crippen molar-refractivity contribution in [2.24, 2.45) is 0 Å². The molecule has 1 aliphatic heterocycles. The Hall–Kier alpha value is -1.81. The second kappa shape index (κ2) is 5.76. The van der Waals surface area contributed by atoms with E-state index in [4.69, 9.17) is 9.84 Å². The standard InChI is InChI=1S/C13H15N3O5S/c1-6-3-14-12(22-6)7-4-16(13(20)15-11(7)19)10-2-8(18)9(5-17)21-10/h3-4,8-10,17-18H,2,5H2,1H3,(H,15,19,20)/t8-,9+,10+/m0/s1. The SMILES string of the molecule is Cc1cnc(-c2cn([C@H]3C[C@H](O)[C@@H](CO)O3)c(=O)[nH]c2=O)s1. The van der Waals surface area contributed by atoms with Crippen molar-refractivity contribution in [3.05, 3.63) is 38.1 Å². The summed E-state index contributed by atoms with van der Waals surface area (Å²) >= 11 is 1.34. The lowest BCUT2D eigenvalue weighted by Crippen LogP contribution is -2.33. The van der Waals surface area contributed by atoms with Gasteiger partial charge in [-0.25, -0.2) is 9.78 Å². The van der Waals surface area contributed by atoms with E-state index in [1.165, 1.54) is 22.1 Å². The van der Waals surface area contributed by atoms with Crippen LogP contribution >= 0.6 is 11.3 Å². The minimum absolute atomic E-state index is 0.160. The van der Waals surface area contributed by atoms with Gasteiger partial charge in [0.2, 0.25) is 0 Å². The molecular weight excluding hydrogens is 310 g/mol. The molecule has 1 saturated heterocycles. The number of hydrogen-bond acceptors (Lipinski definition) is 7. The first-order chi connectivity index (χ1) is 10.5. The minimum atomic E-state index is -0.862. The molecule has 0 bridgehead atoms. The summed E-state index contributed by atoms with van der Waals surface area (Å²) in [5, 5.41) is 19.4. The Bertz CT molecular complexity index is 795. The number of aromatic amines is 1. The van der Waals surface area contributed by atoms with Gasteiger partial charge in [-0.15, -0.1) is 11.3 Å². The van der Waals surface area contributed by atoms with Crippen LogP contribution in [-0.4, -0.2) is 43.6 Å². The van der Waals surface area contributed by atoms with Gasteiger partial charge in [-0.1, -0.05) is 0 Å². The lowest BCUT2D eigenvalue weighted by molar-refractivity contribution is -0.0458. The lowest BCUT2D eigenvalue weighted by atomic mass is 10.2. The van der Waals surface area contributed by atoms with Crippen LogP contribution in [0.2, 0.25) is 0 Å². The van der Waals surface area contributed by atoms with E-state index in [1.807, 2.05) is 6.92 Å². The largest absolute Gasteiger partial charge is 0.394 e. The van der Waals surface area contributed by atoms with Gasteiger partial charge in [0.05, 0.1) is 18.3 Å². The molecule has 0 aromatic carbocycles. The van der Waals surface area contributed by atoms with Crippen molar-refractivity contribution in [2.75, 3.05) is 6.61 Å². The molecule has 22 heavy (non-hydrogen) atoms. The van der Waals surface area contributed by atoms with Crippen LogP contribution in [0.25, 0.3) is 10.6 Å². The van der Waals surface area contributed by atoms with Crippen molar-refractivity contribution < 1.29 is 14.9 Å². The van der Waals surface area contributed by atoms with E-state index >= 15 is 0 Å². The Kier molecular flexibility index (Phi) is 3.96. The lowest BCUT2D eigenvalue weighted by Gasteiger charge is -2.14. The molecule has 0 saturated carbocycles. The molecule has 2 aromatic heterocycles. The molecule has 0 amide bonds.